The first-order valence-corrected chi connectivity index (χ1v) is 11.5. The van der Waals surface area contributed by atoms with Crippen LogP contribution >= 0.6 is 0 Å². The molecule has 3 aromatic rings. The number of aromatic nitrogens is 2. The van der Waals surface area contributed by atoms with Crippen molar-refractivity contribution in [3.05, 3.63) is 67.0 Å². The summed E-state index contributed by atoms with van der Waals surface area (Å²) in [7, 11) is 0. The molecule has 0 bridgehead atoms. The van der Waals surface area contributed by atoms with E-state index in [9.17, 15) is 4.79 Å². The van der Waals surface area contributed by atoms with E-state index in [2.05, 4.69) is 25.9 Å². The Hall–Kier alpha value is -3.73. The van der Waals surface area contributed by atoms with E-state index in [4.69, 9.17) is 19.9 Å². The Bertz CT molecular complexity index is 1000. The van der Waals surface area contributed by atoms with Gasteiger partial charge in [0.1, 0.15) is 12.1 Å². The maximum Gasteiger partial charge on any atom is 0.319 e. The highest BCUT2D eigenvalue weighted by Gasteiger charge is 2.02. The summed E-state index contributed by atoms with van der Waals surface area (Å²) in [6, 6.07) is 18.5. The Kier molecular flexibility index (Phi) is 11.3. The van der Waals surface area contributed by atoms with E-state index in [1.165, 1.54) is 0 Å². The van der Waals surface area contributed by atoms with Crippen molar-refractivity contribution in [3.8, 4) is 11.3 Å². The smallest absolute Gasteiger partial charge is 0.319 e. The van der Waals surface area contributed by atoms with Gasteiger partial charge in [0.2, 0.25) is 0 Å². The van der Waals surface area contributed by atoms with Crippen LogP contribution in [0.25, 0.3) is 11.3 Å². The first kappa shape index (κ1) is 25.9. The molecule has 0 aliphatic heterocycles. The highest BCUT2D eigenvalue weighted by atomic mass is 16.5. The minimum absolute atomic E-state index is 0.294. The fourth-order valence-corrected chi connectivity index (χ4v) is 2.99. The van der Waals surface area contributed by atoms with Crippen LogP contribution in [0.1, 0.15) is 0 Å². The topological polar surface area (TPSA) is 133 Å². The predicted octanol–water partition coefficient (Wildman–Crippen LogP) is 3.01. The molecule has 0 saturated carbocycles. The van der Waals surface area contributed by atoms with Gasteiger partial charge in [-0.1, -0.05) is 30.3 Å². The van der Waals surface area contributed by atoms with Crippen molar-refractivity contribution in [2.45, 2.75) is 0 Å². The van der Waals surface area contributed by atoms with Crippen LogP contribution < -0.4 is 21.7 Å². The average molecular weight is 481 g/mol. The van der Waals surface area contributed by atoms with Gasteiger partial charge >= 0.3 is 6.03 Å². The molecule has 3 rings (SSSR count). The number of rotatable bonds is 15. The molecule has 0 saturated heterocycles. The highest BCUT2D eigenvalue weighted by molar-refractivity contribution is 5.89. The summed E-state index contributed by atoms with van der Waals surface area (Å²) in [5, 5.41) is 8.67. The Morgan fingerprint density at radius 3 is 2.17 bits per heavy atom. The van der Waals surface area contributed by atoms with Gasteiger partial charge in [-0.2, -0.15) is 0 Å². The van der Waals surface area contributed by atoms with Gasteiger partial charge in [0.25, 0.3) is 0 Å². The molecule has 35 heavy (non-hydrogen) atoms. The molecule has 10 heteroatoms. The lowest BCUT2D eigenvalue weighted by Gasteiger charge is -2.09. The first-order chi connectivity index (χ1) is 17.2. The van der Waals surface area contributed by atoms with Crippen LogP contribution in [0.2, 0.25) is 0 Å². The van der Waals surface area contributed by atoms with Gasteiger partial charge in [0, 0.05) is 36.1 Å². The maximum absolute atomic E-state index is 11.8. The molecule has 10 nitrogen and oxygen atoms in total. The number of hydrogen-bond acceptors (Lipinski definition) is 8. The summed E-state index contributed by atoms with van der Waals surface area (Å²) in [6.07, 6.45) is 1.55. The molecule has 1 heterocycles. The van der Waals surface area contributed by atoms with E-state index in [0.29, 0.717) is 64.1 Å². The number of anilines is 3. The van der Waals surface area contributed by atoms with Gasteiger partial charge in [0.05, 0.1) is 45.3 Å². The number of amides is 2. The van der Waals surface area contributed by atoms with Crippen LogP contribution in [0.3, 0.4) is 0 Å². The third-order valence-corrected chi connectivity index (χ3v) is 4.73. The van der Waals surface area contributed by atoms with Gasteiger partial charge in [0.15, 0.2) is 0 Å². The molecular weight excluding hydrogens is 448 g/mol. The molecule has 0 atom stereocenters. The number of nitrogens with zero attached hydrogens (tertiary/aromatic N) is 2. The molecule has 5 N–H and O–H groups in total. The summed E-state index contributed by atoms with van der Waals surface area (Å²) in [6.45, 7) is 3.85. The van der Waals surface area contributed by atoms with Crippen LogP contribution in [-0.4, -0.2) is 68.7 Å². The Balaban J connectivity index is 1.12. The van der Waals surface area contributed by atoms with E-state index < -0.39 is 0 Å². The molecule has 0 spiro atoms. The molecule has 0 unspecified atom stereocenters. The van der Waals surface area contributed by atoms with Crippen LogP contribution in [0.15, 0.2) is 67.0 Å². The summed E-state index contributed by atoms with van der Waals surface area (Å²) < 4.78 is 16.5. The van der Waals surface area contributed by atoms with Crippen molar-refractivity contribution in [1.82, 2.24) is 15.3 Å². The molecule has 0 aliphatic carbocycles. The second-order valence-corrected chi connectivity index (χ2v) is 7.42. The van der Waals surface area contributed by atoms with Crippen molar-refractivity contribution >= 4 is 23.2 Å². The molecule has 2 aromatic carbocycles. The third kappa shape index (κ3) is 10.4. The van der Waals surface area contributed by atoms with E-state index in [1.54, 1.807) is 30.6 Å². The number of nitrogen functional groups attached to an aromatic ring is 1. The summed E-state index contributed by atoms with van der Waals surface area (Å²) in [5.41, 5.74) is 8.85. The monoisotopic (exact) mass is 480 g/mol. The van der Waals surface area contributed by atoms with Crippen molar-refractivity contribution in [2.75, 3.05) is 69.1 Å². The first-order valence-electron chi connectivity index (χ1n) is 11.5. The van der Waals surface area contributed by atoms with Crippen LogP contribution in [0.4, 0.5) is 22.0 Å². The molecule has 1 aromatic heterocycles. The van der Waals surface area contributed by atoms with Crippen LogP contribution in [-0.2, 0) is 14.2 Å². The quantitative estimate of drug-likeness (QED) is 0.193. The second kappa shape index (κ2) is 15.2. The number of nitrogens with one attached hydrogen (secondary N) is 3. The number of benzene rings is 2. The fraction of sp³-hybridized carbons (Fsp3) is 0.320. The summed E-state index contributed by atoms with van der Waals surface area (Å²) in [5.74, 6) is 0.757. The van der Waals surface area contributed by atoms with E-state index in [-0.39, 0.29) is 6.03 Å². The summed E-state index contributed by atoms with van der Waals surface area (Å²) >= 11 is 0. The largest absolute Gasteiger partial charge is 0.399 e. The minimum Gasteiger partial charge on any atom is -0.399 e. The van der Waals surface area contributed by atoms with Gasteiger partial charge in [-0.3, -0.25) is 0 Å². The lowest BCUT2D eigenvalue weighted by Crippen LogP contribution is -2.31. The van der Waals surface area contributed by atoms with Crippen LogP contribution in [0, 0.1) is 0 Å². The maximum atomic E-state index is 11.8. The Morgan fingerprint density at radius 1 is 0.800 bits per heavy atom. The van der Waals surface area contributed by atoms with E-state index in [0.717, 1.165) is 17.1 Å². The average Bonchev–Trinajstić information content (AvgIpc) is 2.89. The number of hydrogen-bond donors (Lipinski definition) is 4. The van der Waals surface area contributed by atoms with Gasteiger partial charge in [-0.05, 0) is 24.3 Å². The molecule has 0 radical (unpaired) electrons. The number of urea groups is 1. The zero-order chi connectivity index (χ0) is 24.6. The van der Waals surface area contributed by atoms with Gasteiger partial charge in [-0.25, -0.2) is 14.8 Å². The Morgan fingerprint density at radius 2 is 1.46 bits per heavy atom. The molecular formula is C25H32N6O4. The normalized spacial score (nSPS) is 10.6. The standard InChI is InChI=1S/C25H32N6O4/c26-21-6-8-22(9-7-21)31-25(32)28-11-13-34-15-17-35-16-14-33-12-10-27-24-18-23(29-19-30-24)20-4-2-1-3-5-20/h1-9,18-19H,10-17,26H2,(H,27,29,30)(H2,28,31,32). The zero-order valence-electron chi connectivity index (χ0n) is 19.6. The third-order valence-electron chi connectivity index (χ3n) is 4.73. The van der Waals surface area contributed by atoms with Gasteiger partial charge < -0.3 is 35.9 Å². The van der Waals surface area contributed by atoms with Crippen molar-refractivity contribution in [1.29, 1.82) is 0 Å². The minimum atomic E-state index is -0.294. The predicted molar refractivity (Wildman–Crippen MR) is 136 cm³/mol. The zero-order valence-corrected chi connectivity index (χ0v) is 19.6. The number of carbonyl (C=O) groups is 1. The Labute approximate surface area is 205 Å². The van der Waals surface area contributed by atoms with E-state index >= 15 is 0 Å². The number of nitrogens with two attached hydrogens (primary N) is 1. The van der Waals surface area contributed by atoms with Crippen molar-refractivity contribution < 1.29 is 19.0 Å². The molecule has 0 fully saturated rings. The molecule has 0 aliphatic rings. The highest BCUT2D eigenvalue weighted by Crippen LogP contribution is 2.17. The van der Waals surface area contributed by atoms with Gasteiger partial charge in [-0.15, -0.1) is 0 Å². The lowest BCUT2D eigenvalue weighted by molar-refractivity contribution is 0.0173. The number of ether oxygens (including phenoxy) is 3. The molecule has 2 amide bonds. The summed E-state index contributed by atoms with van der Waals surface area (Å²) in [4.78, 5) is 20.3. The van der Waals surface area contributed by atoms with Crippen molar-refractivity contribution in [3.63, 3.8) is 0 Å². The number of carbonyl (C=O) groups excluding carboxylic acids is 1. The fourth-order valence-electron chi connectivity index (χ4n) is 2.99. The van der Waals surface area contributed by atoms with Crippen LogP contribution in [0.5, 0.6) is 0 Å². The van der Waals surface area contributed by atoms with E-state index in [1.807, 2.05) is 36.4 Å². The van der Waals surface area contributed by atoms with Crippen molar-refractivity contribution in [2.24, 2.45) is 0 Å². The molecule has 186 valence electrons. The lowest BCUT2D eigenvalue weighted by atomic mass is 10.1. The second-order valence-electron chi connectivity index (χ2n) is 7.42. The SMILES string of the molecule is Nc1ccc(NC(=O)NCCOCCOCCOCCNc2cc(-c3ccccc3)ncn2)cc1.